The van der Waals surface area contributed by atoms with Crippen LogP contribution in [0.2, 0.25) is 0 Å². The first-order valence-corrected chi connectivity index (χ1v) is 6.18. The van der Waals surface area contributed by atoms with Crippen molar-refractivity contribution in [2.75, 3.05) is 6.54 Å². The van der Waals surface area contributed by atoms with Crippen LogP contribution < -0.4 is 10.6 Å². The number of hydrogen-bond acceptors (Lipinski definition) is 2. The Hall–Kier alpha value is -0.570. The van der Waals surface area contributed by atoms with Crippen LogP contribution in [-0.2, 0) is 4.79 Å². The number of amides is 1. The van der Waals surface area contributed by atoms with E-state index in [9.17, 15) is 4.79 Å². The Balaban J connectivity index is 1.53. The zero-order chi connectivity index (χ0) is 10.8. The van der Waals surface area contributed by atoms with Crippen molar-refractivity contribution >= 4 is 5.91 Å². The van der Waals surface area contributed by atoms with Crippen molar-refractivity contribution < 1.29 is 4.79 Å². The van der Waals surface area contributed by atoms with Crippen molar-refractivity contribution in [1.82, 2.24) is 10.6 Å². The zero-order valence-electron chi connectivity index (χ0n) is 9.75. The van der Waals surface area contributed by atoms with E-state index in [1.807, 2.05) is 0 Å². The van der Waals surface area contributed by atoms with Gasteiger partial charge in [-0.2, -0.15) is 0 Å². The largest absolute Gasteiger partial charge is 0.352 e. The van der Waals surface area contributed by atoms with Crippen LogP contribution in [0.1, 0.15) is 39.5 Å². The number of rotatable bonds is 5. The van der Waals surface area contributed by atoms with Crippen LogP contribution in [0.5, 0.6) is 0 Å². The van der Waals surface area contributed by atoms with Crippen LogP contribution in [0.3, 0.4) is 0 Å². The molecule has 0 aromatic heterocycles. The lowest BCUT2D eigenvalue weighted by molar-refractivity contribution is -0.120. The molecular formula is C12H22N2O. The first-order valence-electron chi connectivity index (χ1n) is 6.18. The van der Waals surface area contributed by atoms with Crippen molar-refractivity contribution in [1.29, 1.82) is 0 Å². The molecule has 2 N–H and O–H groups in total. The maximum atomic E-state index is 11.4. The second-order valence-electron chi connectivity index (χ2n) is 5.40. The second kappa shape index (κ2) is 4.52. The van der Waals surface area contributed by atoms with Gasteiger partial charge in [-0.05, 0) is 37.5 Å². The van der Waals surface area contributed by atoms with E-state index in [1.165, 1.54) is 25.7 Å². The number of hydrogen-bond donors (Lipinski definition) is 2. The third-order valence-corrected chi connectivity index (χ3v) is 3.61. The third kappa shape index (κ3) is 3.20. The van der Waals surface area contributed by atoms with Gasteiger partial charge in [-0.25, -0.2) is 0 Å². The highest BCUT2D eigenvalue weighted by atomic mass is 16.2. The van der Waals surface area contributed by atoms with Gasteiger partial charge < -0.3 is 10.6 Å². The zero-order valence-corrected chi connectivity index (χ0v) is 9.75. The summed E-state index contributed by atoms with van der Waals surface area (Å²) in [6.45, 7) is 5.06. The number of carbonyl (C=O) groups excluding carboxylic acids is 1. The highest BCUT2D eigenvalue weighted by Gasteiger charge is 2.31. The fourth-order valence-corrected chi connectivity index (χ4v) is 2.12. The van der Waals surface area contributed by atoms with Crippen LogP contribution in [-0.4, -0.2) is 24.5 Å². The minimum atomic E-state index is 0.172. The molecule has 3 heteroatoms. The monoisotopic (exact) mass is 210 g/mol. The minimum absolute atomic E-state index is 0.172. The number of carbonyl (C=O) groups is 1. The van der Waals surface area contributed by atoms with Gasteiger partial charge in [0, 0.05) is 12.1 Å². The van der Waals surface area contributed by atoms with Gasteiger partial charge in [0.1, 0.15) is 0 Å². The molecule has 2 saturated carbocycles. The van der Waals surface area contributed by atoms with Gasteiger partial charge in [0.2, 0.25) is 5.91 Å². The molecule has 0 saturated heterocycles. The van der Waals surface area contributed by atoms with Gasteiger partial charge in [-0.1, -0.05) is 13.8 Å². The molecule has 2 aliphatic carbocycles. The molecule has 0 radical (unpaired) electrons. The van der Waals surface area contributed by atoms with E-state index in [0.29, 0.717) is 18.6 Å². The smallest absolute Gasteiger partial charge is 0.234 e. The van der Waals surface area contributed by atoms with Gasteiger partial charge in [-0.15, -0.1) is 0 Å². The molecular weight excluding hydrogens is 188 g/mol. The third-order valence-electron chi connectivity index (χ3n) is 3.61. The fraction of sp³-hybridized carbons (Fsp3) is 0.917. The molecule has 0 heterocycles. The highest BCUT2D eigenvalue weighted by Crippen LogP contribution is 2.33. The lowest BCUT2D eigenvalue weighted by Gasteiger charge is -2.38. The molecule has 0 aromatic carbocycles. The Bertz CT molecular complexity index is 230. The summed E-state index contributed by atoms with van der Waals surface area (Å²) in [5.41, 5.74) is 0. The molecule has 15 heavy (non-hydrogen) atoms. The quantitative estimate of drug-likeness (QED) is 0.718. The Morgan fingerprint density at radius 1 is 1.27 bits per heavy atom. The van der Waals surface area contributed by atoms with Crippen molar-refractivity contribution in [3.63, 3.8) is 0 Å². The summed E-state index contributed by atoms with van der Waals surface area (Å²) in [5, 5.41) is 6.31. The highest BCUT2D eigenvalue weighted by molar-refractivity contribution is 5.78. The Kier molecular flexibility index (Phi) is 3.29. The standard InChI is InChI=1S/C12H22N2O/c1-8(2)9-5-11(6-9)13-7-12(15)14-10-3-4-10/h8-11,13H,3-7H2,1-2H3,(H,14,15). The summed E-state index contributed by atoms with van der Waals surface area (Å²) >= 11 is 0. The molecule has 0 bridgehead atoms. The molecule has 2 rings (SSSR count). The molecule has 0 spiro atoms. The predicted molar refractivity (Wildman–Crippen MR) is 60.5 cm³/mol. The lowest BCUT2D eigenvalue weighted by Crippen LogP contribution is -2.47. The van der Waals surface area contributed by atoms with Crippen LogP contribution >= 0.6 is 0 Å². The normalized spacial score (nSPS) is 30.1. The average Bonchev–Trinajstić information content (AvgIpc) is 2.84. The summed E-state index contributed by atoms with van der Waals surface area (Å²) < 4.78 is 0. The molecule has 0 atom stereocenters. The molecule has 86 valence electrons. The summed E-state index contributed by atoms with van der Waals surface area (Å²) in [4.78, 5) is 11.4. The maximum absolute atomic E-state index is 11.4. The van der Waals surface area contributed by atoms with Gasteiger partial charge in [-0.3, -0.25) is 4.79 Å². The molecule has 0 aliphatic heterocycles. The van der Waals surface area contributed by atoms with Gasteiger partial charge >= 0.3 is 0 Å². The summed E-state index contributed by atoms with van der Waals surface area (Å²) in [5.74, 6) is 1.84. The van der Waals surface area contributed by atoms with Gasteiger partial charge in [0.05, 0.1) is 6.54 Å². The van der Waals surface area contributed by atoms with Gasteiger partial charge in [0.15, 0.2) is 0 Å². The summed E-state index contributed by atoms with van der Waals surface area (Å²) in [6, 6.07) is 1.08. The van der Waals surface area contributed by atoms with Crippen LogP contribution in [0.15, 0.2) is 0 Å². The Morgan fingerprint density at radius 3 is 2.47 bits per heavy atom. The molecule has 1 amide bonds. The maximum Gasteiger partial charge on any atom is 0.234 e. The van der Waals surface area contributed by atoms with E-state index in [-0.39, 0.29) is 5.91 Å². The molecule has 2 aliphatic rings. The summed E-state index contributed by atoms with van der Waals surface area (Å²) in [7, 11) is 0. The van der Waals surface area contributed by atoms with E-state index in [4.69, 9.17) is 0 Å². The first-order chi connectivity index (χ1) is 7.15. The van der Waals surface area contributed by atoms with E-state index < -0.39 is 0 Å². The minimum Gasteiger partial charge on any atom is -0.352 e. The van der Waals surface area contributed by atoms with Gasteiger partial charge in [0.25, 0.3) is 0 Å². The number of nitrogens with one attached hydrogen (secondary N) is 2. The molecule has 3 nitrogen and oxygen atoms in total. The Labute approximate surface area is 92.0 Å². The molecule has 0 unspecified atom stereocenters. The van der Waals surface area contributed by atoms with E-state index in [1.54, 1.807) is 0 Å². The van der Waals surface area contributed by atoms with E-state index >= 15 is 0 Å². The van der Waals surface area contributed by atoms with Crippen LogP contribution in [0, 0.1) is 11.8 Å². The topological polar surface area (TPSA) is 41.1 Å². The van der Waals surface area contributed by atoms with Crippen molar-refractivity contribution in [2.24, 2.45) is 11.8 Å². The molecule has 2 fully saturated rings. The van der Waals surface area contributed by atoms with E-state index in [0.717, 1.165) is 11.8 Å². The lowest BCUT2D eigenvalue weighted by atomic mass is 9.74. The van der Waals surface area contributed by atoms with Crippen molar-refractivity contribution in [3.05, 3.63) is 0 Å². The molecule has 0 aromatic rings. The van der Waals surface area contributed by atoms with E-state index in [2.05, 4.69) is 24.5 Å². The van der Waals surface area contributed by atoms with Crippen LogP contribution in [0.4, 0.5) is 0 Å². The second-order valence-corrected chi connectivity index (χ2v) is 5.40. The fourth-order valence-electron chi connectivity index (χ4n) is 2.12. The SMILES string of the molecule is CC(C)C1CC(NCC(=O)NC2CC2)C1. The average molecular weight is 210 g/mol. The Morgan fingerprint density at radius 2 is 1.93 bits per heavy atom. The van der Waals surface area contributed by atoms with Crippen LogP contribution in [0.25, 0.3) is 0 Å². The summed E-state index contributed by atoms with van der Waals surface area (Å²) in [6.07, 6.45) is 4.83. The first kappa shape index (κ1) is 10.9. The van der Waals surface area contributed by atoms with Crippen molar-refractivity contribution in [2.45, 2.75) is 51.6 Å². The van der Waals surface area contributed by atoms with Crippen molar-refractivity contribution in [3.8, 4) is 0 Å². The predicted octanol–water partition coefficient (Wildman–Crippen LogP) is 1.29.